The van der Waals surface area contributed by atoms with E-state index >= 15 is 0 Å². The Kier molecular flexibility index (Phi) is 4.01. The van der Waals surface area contributed by atoms with Gasteiger partial charge in [0.05, 0.1) is 0 Å². The fourth-order valence-corrected chi connectivity index (χ4v) is 3.27. The van der Waals surface area contributed by atoms with Crippen molar-refractivity contribution in [1.82, 2.24) is 20.1 Å². The Bertz CT molecular complexity index is 600. The first-order chi connectivity index (χ1) is 10.4. The van der Waals surface area contributed by atoms with Crippen LogP contribution in [-0.4, -0.2) is 32.6 Å². The molecule has 1 aliphatic heterocycles. The van der Waals surface area contributed by atoms with Crippen molar-refractivity contribution in [3.05, 3.63) is 16.3 Å². The molecule has 0 saturated heterocycles. The zero-order valence-corrected chi connectivity index (χ0v) is 12.3. The fourth-order valence-electron chi connectivity index (χ4n) is 3.27. The lowest BCUT2D eigenvalue weighted by molar-refractivity contribution is -0.129. The number of carbonyl (C=O) groups excluding carboxylic acids is 1. The molecule has 1 atom stereocenters. The maximum Gasteiger partial charge on any atom is 0.343 e. The molecule has 0 radical (unpaired) electrons. The molecule has 1 unspecified atom stereocenters. The Balaban J connectivity index is 1.54. The fraction of sp³-hybridized carbons (Fsp3) is 0.786. The Morgan fingerprint density at radius 2 is 2.00 bits per heavy atom. The molecule has 1 aromatic rings. The number of hydrogen-bond acceptors (Lipinski definition) is 3. The summed E-state index contributed by atoms with van der Waals surface area (Å²) >= 11 is 0. The highest BCUT2D eigenvalue weighted by Crippen LogP contribution is 2.36. The van der Waals surface area contributed by atoms with Crippen molar-refractivity contribution in [1.29, 1.82) is 0 Å². The van der Waals surface area contributed by atoms with Gasteiger partial charge in [0.1, 0.15) is 5.82 Å². The van der Waals surface area contributed by atoms with Gasteiger partial charge in [0.2, 0.25) is 11.8 Å². The van der Waals surface area contributed by atoms with Crippen LogP contribution < -0.4 is 11.0 Å². The molecule has 6 nitrogen and oxygen atoms in total. The molecular weight excluding hydrogens is 294 g/mol. The van der Waals surface area contributed by atoms with Crippen molar-refractivity contribution < 1.29 is 13.6 Å². The summed E-state index contributed by atoms with van der Waals surface area (Å²) in [4.78, 5) is 23.8. The average Bonchev–Trinajstić information content (AvgIpc) is 2.69. The first-order valence-corrected chi connectivity index (χ1v) is 7.77. The van der Waals surface area contributed by atoms with E-state index in [0.717, 1.165) is 0 Å². The number of amides is 1. The van der Waals surface area contributed by atoms with Gasteiger partial charge >= 0.3 is 5.69 Å². The highest BCUT2D eigenvalue weighted by atomic mass is 19.3. The van der Waals surface area contributed by atoms with Crippen LogP contribution in [0.1, 0.15) is 44.3 Å². The minimum atomic E-state index is -2.62. The SMILES string of the molecule is O=C(NC1CCc2n[nH]c(=O)n2CC1)C1CCC(F)(F)CC1. The second kappa shape index (κ2) is 5.81. The number of H-pyrrole nitrogens is 1. The summed E-state index contributed by atoms with van der Waals surface area (Å²) in [5.74, 6) is -2.36. The molecule has 1 aromatic heterocycles. The molecule has 8 heteroatoms. The summed E-state index contributed by atoms with van der Waals surface area (Å²) in [7, 11) is 0. The van der Waals surface area contributed by atoms with E-state index in [9.17, 15) is 18.4 Å². The second-order valence-corrected chi connectivity index (χ2v) is 6.26. The number of rotatable bonds is 2. The number of fused-ring (bicyclic) bond motifs is 1. The quantitative estimate of drug-likeness (QED) is 0.861. The molecule has 122 valence electrons. The van der Waals surface area contributed by atoms with Gasteiger partial charge in [-0.2, -0.15) is 5.10 Å². The van der Waals surface area contributed by atoms with E-state index in [1.165, 1.54) is 0 Å². The van der Waals surface area contributed by atoms with Crippen LogP contribution in [0.3, 0.4) is 0 Å². The van der Waals surface area contributed by atoms with Crippen LogP contribution in [0.25, 0.3) is 0 Å². The molecule has 0 bridgehead atoms. The lowest BCUT2D eigenvalue weighted by Crippen LogP contribution is -2.41. The molecule has 0 aromatic carbocycles. The first kappa shape index (κ1) is 15.2. The first-order valence-electron chi connectivity index (χ1n) is 7.77. The second-order valence-electron chi connectivity index (χ2n) is 6.26. The minimum Gasteiger partial charge on any atom is -0.353 e. The number of alkyl halides is 2. The van der Waals surface area contributed by atoms with Crippen molar-refractivity contribution in [2.75, 3.05) is 0 Å². The maximum absolute atomic E-state index is 13.1. The number of aromatic amines is 1. The summed E-state index contributed by atoms with van der Waals surface area (Å²) in [5.41, 5.74) is -0.225. The molecule has 2 aliphatic rings. The monoisotopic (exact) mass is 314 g/mol. The zero-order chi connectivity index (χ0) is 15.7. The van der Waals surface area contributed by atoms with E-state index in [2.05, 4.69) is 15.5 Å². The van der Waals surface area contributed by atoms with Gasteiger partial charge in [0, 0.05) is 37.8 Å². The normalized spacial score (nSPS) is 25.3. The topological polar surface area (TPSA) is 79.8 Å². The van der Waals surface area contributed by atoms with Crippen molar-refractivity contribution in [2.45, 2.75) is 63.5 Å². The van der Waals surface area contributed by atoms with Crippen LogP contribution in [0.5, 0.6) is 0 Å². The van der Waals surface area contributed by atoms with Crippen molar-refractivity contribution in [3.63, 3.8) is 0 Å². The number of nitrogens with zero attached hydrogens (tertiary/aromatic N) is 2. The van der Waals surface area contributed by atoms with Crippen LogP contribution >= 0.6 is 0 Å². The molecule has 2 heterocycles. The number of halogens is 2. The largest absolute Gasteiger partial charge is 0.353 e. The van der Waals surface area contributed by atoms with E-state index in [-0.39, 0.29) is 49.2 Å². The predicted molar refractivity (Wildman–Crippen MR) is 74.6 cm³/mol. The number of aryl methyl sites for hydroxylation is 1. The number of nitrogens with one attached hydrogen (secondary N) is 2. The van der Waals surface area contributed by atoms with E-state index in [1.807, 2.05) is 0 Å². The Hall–Kier alpha value is -1.73. The Morgan fingerprint density at radius 3 is 2.73 bits per heavy atom. The van der Waals surface area contributed by atoms with Gasteiger partial charge < -0.3 is 5.32 Å². The van der Waals surface area contributed by atoms with Crippen LogP contribution in [0.2, 0.25) is 0 Å². The summed E-state index contributed by atoms with van der Waals surface area (Å²) < 4.78 is 27.9. The smallest absolute Gasteiger partial charge is 0.343 e. The molecule has 0 spiro atoms. The van der Waals surface area contributed by atoms with E-state index in [0.29, 0.717) is 31.6 Å². The van der Waals surface area contributed by atoms with Gasteiger partial charge in [-0.05, 0) is 25.7 Å². The summed E-state index contributed by atoms with van der Waals surface area (Å²) in [6, 6.07) is -0.0314. The number of carbonyl (C=O) groups is 1. The van der Waals surface area contributed by atoms with Gasteiger partial charge in [0.15, 0.2) is 0 Å². The van der Waals surface area contributed by atoms with Gasteiger partial charge in [-0.1, -0.05) is 0 Å². The zero-order valence-electron chi connectivity index (χ0n) is 12.3. The highest BCUT2D eigenvalue weighted by molar-refractivity contribution is 5.79. The minimum absolute atomic E-state index is 0.0314. The van der Waals surface area contributed by atoms with Crippen LogP contribution in [0, 0.1) is 5.92 Å². The van der Waals surface area contributed by atoms with Gasteiger partial charge in [-0.25, -0.2) is 18.7 Å². The number of hydrogen-bond donors (Lipinski definition) is 2. The Morgan fingerprint density at radius 1 is 1.27 bits per heavy atom. The van der Waals surface area contributed by atoms with Crippen molar-refractivity contribution >= 4 is 5.91 Å². The molecular formula is C14H20F2N4O2. The van der Waals surface area contributed by atoms with Crippen LogP contribution in [0.15, 0.2) is 4.79 Å². The van der Waals surface area contributed by atoms with Gasteiger partial charge in [0.25, 0.3) is 0 Å². The Labute approximate surface area is 126 Å². The highest BCUT2D eigenvalue weighted by Gasteiger charge is 2.37. The molecule has 3 rings (SSSR count). The standard InChI is InChI=1S/C14H20F2N4O2/c15-14(16)6-3-9(4-7-14)12(21)17-10-1-2-11-18-19-13(22)20(11)8-5-10/h9-10H,1-8H2,(H,17,21)(H,19,22). The van der Waals surface area contributed by atoms with E-state index < -0.39 is 5.92 Å². The summed E-state index contributed by atoms with van der Waals surface area (Å²) in [5, 5.41) is 9.35. The average molecular weight is 314 g/mol. The molecule has 22 heavy (non-hydrogen) atoms. The summed E-state index contributed by atoms with van der Waals surface area (Å²) in [6.45, 7) is 0.512. The third-order valence-corrected chi connectivity index (χ3v) is 4.69. The lowest BCUT2D eigenvalue weighted by atomic mass is 9.86. The van der Waals surface area contributed by atoms with Gasteiger partial charge in [-0.15, -0.1) is 0 Å². The van der Waals surface area contributed by atoms with E-state index in [4.69, 9.17) is 0 Å². The molecule has 1 aliphatic carbocycles. The summed E-state index contributed by atoms with van der Waals surface area (Å²) in [6.07, 6.45) is 2.05. The molecule has 2 N–H and O–H groups in total. The van der Waals surface area contributed by atoms with E-state index in [1.54, 1.807) is 4.57 Å². The van der Waals surface area contributed by atoms with Crippen LogP contribution in [0.4, 0.5) is 8.78 Å². The third kappa shape index (κ3) is 3.20. The van der Waals surface area contributed by atoms with Crippen molar-refractivity contribution in [3.8, 4) is 0 Å². The number of aromatic nitrogens is 3. The van der Waals surface area contributed by atoms with Crippen LogP contribution in [-0.2, 0) is 17.8 Å². The van der Waals surface area contributed by atoms with Gasteiger partial charge in [-0.3, -0.25) is 9.36 Å². The molecule has 1 amide bonds. The molecule has 1 fully saturated rings. The third-order valence-electron chi connectivity index (χ3n) is 4.69. The predicted octanol–water partition coefficient (Wildman–Crippen LogP) is 1.22. The van der Waals surface area contributed by atoms with Crippen molar-refractivity contribution in [2.24, 2.45) is 5.92 Å². The molecule has 1 saturated carbocycles. The lowest BCUT2D eigenvalue weighted by Gasteiger charge is -2.28. The maximum atomic E-state index is 13.1.